The molecule has 0 aromatic heterocycles. The molecule has 0 fully saturated rings. The maximum absolute atomic E-state index is 11.2. The van der Waals surface area contributed by atoms with E-state index in [4.69, 9.17) is 9.63 Å². The van der Waals surface area contributed by atoms with Crippen LogP contribution in [0.4, 0.5) is 4.79 Å². The van der Waals surface area contributed by atoms with Gasteiger partial charge in [0.2, 0.25) is 0 Å². The van der Waals surface area contributed by atoms with Gasteiger partial charge in [-0.3, -0.25) is 0 Å². The number of carbonyl (C=O) groups is 1. The Hall–Kier alpha value is -1.08. The molecule has 0 radical (unpaired) electrons. The second-order valence-electron chi connectivity index (χ2n) is 2.68. The molecule has 1 atom stereocenters. The molecule has 16 heavy (non-hydrogen) atoms. The first-order chi connectivity index (χ1) is 7.73. The Balaban J connectivity index is 2.37. The van der Waals surface area contributed by atoms with Gasteiger partial charge in [-0.1, -0.05) is 18.2 Å². The average Bonchev–Trinajstić information content (AvgIpc) is 2.31. The van der Waals surface area contributed by atoms with E-state index in [1.807, 2.05) is 6.07 Å². The highest BCUT2D eigenvalue weighted by atomic mass is 31.2. The third-order valence-electron chi connectivity index (χ3n) is 1.63. The predicted molar refractivity (Wildman–Crippen MR) is 63.1 cm³/mol. The molecule has 6 nitrogen and oxygen atoms in total. The molecule has 1 N–H and O–H groups in total. The lowest BCUT2D eigenvalue weighted by Gasteiger charge is -2.15. The van der Waals surface area contributed by atoms with Crippen LogP contribution in [-0.4, -0.2) is 10.8 Å². The van der Waals surface area contributed by atoms with E-state index in [1.54, 1.807) is 24.3 Å². The van der Waals surface area contributed by atoms with Gasteiger partial charge in [0.15, 0.2) is 17.0 Å². The SMILES string of the molecule is O=C(O)P1(Oc2ccccc2)=NP=NP=N1. The summed E-state index contributed by atoms with van der Waals surface area (Å²) >= 11 is 0. The van der Waals surface area contributed by atoms with E-state index in [0.29, 0.717) is 22.8 Å². The minimum atomic E-state index is -3.14. The van der Waals surface area contributed by atoms with Crippen LogP contribution in [0, 0.1) is 0 Å². The van der Waals surface area contributed by atoms with Crippen molar-refractivity contribution in [3.63, 3.8) is 0 Å². The van der Waals surface area contributed by atoms with Crippen LogP contribution in [0.25, 0.3) is 0 Å². The zero-order valence-corrected chi connectivity index (χ0v) is 10.5. The van der Waals surface area contributed by atoms with Crippen LogP contribution in [0.3, 0.4) is 0 Å². The Morgan fingerprint density at radius 1 is 1.31 bits per heavy atom. The van der Waals surface area contributed by atoms with Crippen molar-refractivity contribution in [1.29, 1.82) is 0 Å². The van der Waals surface area contributed by atoms with Gasteiger partial charge in [0.1, 0.15) is 5.75 Å². The summed E-state index contributed by atoms with van der Waals surface area (Å²) in [5, 5.41) is 9.14. The van der Waals surface area contributed by atoms with Crippen molar-refractivity contribution < 1.29 is 14.4 Å². The first-order valence-corrected chi connectivity index (χ1v) is 7.36. The summed E-state index contributed by atoms with van der Waals surface area (Å²) in [5.74, 6) is 0.457. The van der Waals surface area contributed by atoms with E-state index < -0.39 is 13.1 Å². The van der Waals surface area contributed by atoms with Crippen LogP contribution in [0.2, 0.25) is 0 Å². The lowest BCUT2D eigenvalue weighted by atomic mass is 10.3. The fourth-order valence-electron chi connectivity index (χ4n) is 0.960. The first-order valence-electron chi connectivity index (χ1n) is 4.15. The molecule has 0 spiro atoms. The molecule has 1 aromatic rings. The molecule has 2 rings (SSSR count). The summed E-state index contributed by atoms with van der Waals surface area (Å²) in [7, 11) is -2.41. The van der Waals surface area contributed by atoms with E-state index in [2.05, 4.69) is 13.5 Å². The van der Waals surface area contributed by atoms with Crippen LogP contribution in [-0.2, 0) is 0 Å². The molecule has 1 aliphatic heterocycles. The number of nitrogens with zero attached hydrogens (tertiary/aromatic N) is 3. The normalized spacial score (nSPS) is 24.5. The van der Waals surface area contributed by atoms with Crippen molar-refractivity contribution in [2.45, 2.75) is 0 Å². The molecule has 0 amide bonds. The molecule has 0 saturated carbocycles. The predicted octanol–water partition coefficient (Wildman–Crippen LogP) is 4.88. The maximum atomic E-state index is 11.2. The number of para-hydroxylation sites is 1. The molecule has 0 bridgehead atoms. The zero-order chi connectivity index (χ0) is 11.4. The monoisotopic (exact) mass is 273 g/mol. The summed E-state index contributed by atoms with van der Waals surface area (Å²) < 4.78 is 17.0. The van der Waals surface area contributed by atoms with Gasteiger partial charge in [-0.05, 0) is 12.1 Å². The summed E-state index contributed by atoms with van der Waals surface area (Å²) in [6.45, 7) is 0. The Bertz CT molecular complexity index is 514. The molecule has 0 aliphatic carbocycles. The highest BCUT2D eigenvalue weighted by Gasteiger charge is 2.32. The lowest BCUT2D eigenvalue weighted by Crippen LogP contribution is -2.00. The molecule has 9 heteroatoms. The Kier molecular flexibility index (Phi) is 3.45. The molecule has 82 valence electrons. The average molecular weight is 273 g/mol. The highest BCUT2D eigenvalue weighted by Crippen LogP contribution is 2.59. The van der Waals surface area contributed by atoms with Gasteiger partial charge in [-0.2, -0.15) is 13.5 Å². The highest BCUT2D eigenvalue weighted by molar-refractivity contribution is 7.82. The molecular weight excluding hydrogens is 267 g/mol. The molecular formula is C7H6N3O3P3. The number of benzene rings is 1. The van der Waals surface area contributed by atoms with Gasteiger partial charge in [0.05, 0.1) is 0 Å². The zero-order valence-electron chi connectivity index (χ0n) is 7.83. The summed E-state index contributed by atoms with van der Waals surface area (Å²) in [6.07, 6.45) is 0. The summed E-state index contributed by atoms with van der Waals surface area (Å²) in [6, 6.07) is 8.69. The van der Waals surface area contributed by atoms with Gasteiger partial charge in [0, 0.05) is 0 Å². The van der Waals surface area contributed by atoms with Crippen LogP contribution in [0.1, 0.15) is 0 Å². The van der Waals surface area contributed by atoms with Crippen molar-refractivity contribution in [2.75, 3.05) is 0 Å². The van der Waals surface area contributed by atoms with Crippen molar-refractivity contribution >= 4 is 30.2 Å². The fraction of sp³-hybridized carbons (Fsp3) is 0. The molecule has 1 heterocycles. The van der Waals surface area contributed by atoms with Crippen LogP contribution < -0.4 is 4.52 Å². The van der Waals surface area contributed by atoms with E-state index in [0.717, 1.165) is 0 Å². The van der Waals surface area contributed by atoms with Crippen molar-refractivity contribution in [3.05, 3.63) is 30.3 Å². The summed E-state index contributed by atoms with van der Waals surface area (Å²) in [5.41, 5.74) is -1.13. The Morgan fingerprint density at radius 3 is 2.62 bits per heavy atom. The second-order valence-corrected chi connectivity index (χ2v) is 6.84. The van der Waals surface area contributed by atoms with E-state index in [9.17, 15) is 4.79 Å². The Labute approximate surface area is 94.7 Å². The smallest absolute Gasteiger partial charge is 0.404 e. The van der Waals surface area contributed by atoms with Crippen molar-refractivity contribution in [2.24, 2.45) is 13.5 Å². The largest absolute Gasteiger partial charge is 0.473 e. The lowest BCUT2D eigenvalue weighted by molar-refractivity contribution is 0.218. The van der Waals surface area contributed by atoms with Crippen LogP contribution in [0.15, 0.2) is 43.9 Å². The first kappa shape index (κ1) is 11.4. The molecule has 1 aromatic carbocycles. The quantitative estimate of drug-likeness (QED) is 0.796. The van der Waals surface area contributed by atoms with Gasteiger partial charge < -0.3 is 9.63 Å². The van der Waals surface area contributed by atoms with Gasteiger partial charge in [0.25, 0.3) is 0 Å². The van der Waals surface area contributed by atoms with E-state index >= 15 is 0 Å². The van der Waals surface area contributed by atoms with Crippen LogP contribution in [0.5, 0.6) is 5.75 Å². The minimum Gasteiger partial charge on any atom is -0.473 e. The number of carboxylic acid groups (broad SMARTS) is 1. The number of hydrogen-bond donors (Lipinski definition) is 1. The van der Waals surface area contributed by atoms with E-state index in [1.165, 1.54) is 0 Å². The number of rotatable bonds is 3. The molecule has 1 unspecified atom stereocenters. The van der Waals surface area contributed by atoms with E-state index in [-0.39, 0.29) is 0 Å². The van der Waals surface area contributed by atoms with Crippen molar-refractivity contribution in [3.8, 4) is 5.75 Å². The Morgan fingerprint density at radius 2 is 2.06 bits per heavy atom. The third kappa shape index (κ3) is 2.35. The van der Waals surface area contributed by atoms with Gasteiger partial charge in [-0.25, -0.2) is 4.79 Å². The second kappa shape index (κ2) is 4.84. The van der Waals surface area contributed by atoms with Crippen molar-refractivity contribution in [1.82, 2.24) is 0 Å². The number of hydrogen-bond acceptors (Lipinski definition) is 5. The third-order valence-corrected chi connectivity index (χ3v) is 5.81. The molecule has 1 aliphatic rings. The maximum Gasteiger partial charge on any atom is 0.404 e. The molecule has 0 saturated heterocycles. The minimum absolute atomic E-state index is 0.361. The van der Waals surface area contributed by atoms with Gasteiger partial charge >= 0.3 is 13.1 Å². The summed E-state index contributed by atoms with van der Waals surface area (Å²) in [4.78, 5) is 11.2. The topological polar surface area (TPSA) is 83.6 Å². The fourth-order valence-corrected chi connectivity index (χ4v) is 4.76. The van der Waals surface area contributed by atoms with Crippen LogP contribution >= 0.6 is 24.5 Å². The standard InChI is InChI=1S/C7H6N3O3P3/c11-7(12)16(9-14-8-15-10-16)13-6-4-2-1-3-5-6/h1-5H,(H,11,12). The van der Waals surface area contributed by atoms with Gasteiger partial charge in [-0.15, -0.1) is 0 Å².